The minimum absolute atomic E-state index is 0.248. The van der Waals surface area contributed by atoms with E-state index in [1.165, 1.54) is 12.1 Å². The average Bonchev–Trinajstić information content (AvgIpc) is 2.56. The molecule has 0 fully saturated rings. The molecule has 0 radical (unpaired) electrons. The first-order valence-electron chi connectivity index (χ1n) is 7.69. The number of amides is 1. The highest BCUT2D eigenvalue weighted by Gasteiger charge is 2.18. The molecule has 0 aliphatic carbocycles. The minimum atomic E-state index is -3.23. The van der Waals surface area contributed by atoms with Crippen molar-refractivity contribution in [3.8, 4) is 5.75 Å². The van der Waals surface area contributed by atoms with Gasteiger partial charge in [0.15, 0.2) is 15.9 Å². The summed E-state index contributed by atoms with van der Waals surface area (Å²) in [5.74, 6) is 0.360. The molecule has 0 aliphatic rings. The molecule has 7 heteroatoms. The number of ether oxygens (including phenoxy) is 1. The second-order valence-electron chi connectivity index (χ2n) is 5.79. The van der Waals surface area contributed by atoms with Gasteiger partial charge in [-0.2, -0.15) is 0 Å². The van der Waals surface area contributed by atoms with Crippen LogP contribution in [-0.4, -0.2) is 26.7 Å². The Morgan fingerprint density at radius 2 is 1.60 bits per heavy atom. The molecule has 5 nitrogen and oxygen atoms in total. The maximum absolute atomic E-state index is 12.3. The third-order valence-corrected chi connectivity index (χ3v) is 5.32. The fraction of sp³-hybridized carbons (Fsp3) is 0.278. The molecule has 0 heterocycles. The SMILES string of the molecule is C[C@H](Oc1ccc(Br)cc1)C(=O)N[C@H](C)c1ccc(S(C)(=O)=O)cc1. The van der Waals surface area contributed by atoms with Crippen molar-refractivity contribution in [2.75, 3.05) is 6.26 Å². The lowest BCUT2D eigenvalue weighted by molar-refractivity contribution is -0.127. The Morgan fingerprint density at radius 3 is 2.12 bits per heavy atom. The highest BCUT2D eigenvalue weighted by atomic mass is 79.9. The van der Waals surface area contributed by atoms with Crippen LogP contribution in [0.25, 0.3) is 0 Å². The van der Waals surface area contributed by atoms with Crippen LogP contribution in [0.15, 0.2) is 57.9 Å². The van der Waals surface area contributed by atoms with Crippen molar-refractivity contribution in [2.24, 2.45) is 0 Å². The number of nitrogens with one attached hydrogen (secondary N) is 1. The third-order valence-electron chi connectivity index (χ3n) is 3.66. The molecular weight excluding hydrogens is 406 g/mol. The van der Waals surface area contributed by atoms with Gasteiger partial charge in [0.1, 0.15) is 5.75 Å². The number of halogens is 1. The molecule has 2 rings (SSSR count). The molecular formula is C18H20BrNO4S. The Bertz CT molecular complexity index is 832. The van der Waals surface area contributed by atoms with Gasteiger partial charge in [0.05, 0.1) is 10.9 Å². The quantitative estimate of drug-likeness (QED) is 0.768. The van der Waals surface area contributed by atoms with Crippen LogP contribution < -0.4 is 10.1 Å². The van der Waals surface area contributed by atoms with Gasteiger partial charge < -0.3 is 10.1 Å². The second kappa shape index (κ2) is 8.01. The van der Waals surface area contributed by atoms with E-state index in [0.717, 1.165) is 16.3 Å². The number of benzene rings is 2. The molecule has 1 amide bonds. The van der Waals surface area contributed by atoms with Crippen molar-refractivity contribution >= 4 is 31.7 Å². The summed E-state index contributed by atoms with van der Waals surface area (Å²) in [4.78, 5) is 12.5. The number of carbonyl (C=O) groups is 1. The van der Waals surface area contributed by atoms with E-state index >= 15 is 0 Å². The first-order valence-corrected chi connectivity index (χ1v) is 10.4. The number of hydrogen-bond donors (Lipinski definition) is 1. The third kappa shape index (κ3) is 5.57. The van der Waals surface area contributed by atoms with Gasteiger partial charge in [0, 0.05) is 10.7 Å². The van der Waals surface area contributed by atoms with Gasteiger partial charge >= 0.3 is 0 Å². The normalized spacial score (nSPS) is 13.8. The molecule has 1 N–H and O–H groups in total. The maximum atomic E-state index is 12.3. The van der Waals surface area contributed by atoms with Crippen LogP contribution in [0.3, 0.4) is 0 Å². The zero-order valence-corrected chi connectivity index (χ0v) is 16.6. The van der Waals surface area contributed by atoms with Crippen molar-refractivity contribution < 1.29 is 17.9 Å². The van der Waals surface area contributed by atoms with Gasteiger partial charge in [-0.05, 0) is 55.8 Å². The van der Waals surface area contributed by atoms with Gasteiger partial charge in [-0.3, -0.25) is 4.79 Å². The first-order chi connectivity index (χ1) is 11.7. The summed E-state index contributed by atoms with van der Waals surface area (Å²) >= 11 is 3.34. The zero-order valence-electron chi connectivity index (χ0n) is 14.2. The van der Waals surface area contributed by atoms with E-state index in [0.29, 0.717) is 5.75 Å². The summed E-state index contributed by atoms with van der Waals surface area (Å²) in [6.45, 7) is 3.51. The lowest BCUT2D eigenvalue weighted by Crippen LogP contribution is -2.37. The van der Waals surface area contributed by atoms with Crippen LogP contribution in [0, 0.1) is 0 Å². The molecule has 25 heavy (non-hydrogen) atoms. The summed E-state index contributed by atoms with van der Waals surface area (Å²) in [6, 6.07) is 13.4. The molecule has 0 saturated carbocycles. The summed E-state index contributed by atoms with van der Waals surface area (Å²) in [5, 5.41) is 2.86. The molecule has 2 aromatic rings. The molecule has 0 unspecified atom stereocenters. The number of carbonyl (C=O) groups excluding carboxylic acids is 1. The standard InChI is InChI=1S/C18H20BrNO4S/c1-12(14-4-10-17(11-5-14)25(3,22)23)20-18(21)13(2)24-16-8-6-15(19)7-9-16/h4-13H,1-3H3,(H,20,21)/t12-,13+/m1/s1. The van der Waals surface area contributed by atoms with Gasteiger partial charge in [-0.15, -0.1) is 0 Å². The van der Waals surface area contributed by atoms with Gasteiger partial charge in [0.2, 0.25) is 0 Å². The fourth-order valence-corrected chi connectivity index (χ4v) is 3.08. The van der Waals surface area contributed by atoms with Gasteiger partial charge in [-0.25, -0.2) is 8.42 Å². The molecule has 0 saturated heterocycles. The first kappa shape index (κ1) is 19.5. The van der Waals surface area contributed by atoms with E-state index in [1.54, 1.807) is 31.2 Å². The highest BCUT2D eigenvalue weighted by Crippen LogP contribution is 2.19. The highest BCUT2D eigenvalue weighted by molar-refractivity contribution is 9.10. The largest absolute Gasteiger partial charge is 0.481 e. The lowest BCUT2D eigenvalue weighted by atomic mass is 10.1. The predicted molar refractivity (Wildman–Crippen MR) is 100 cm³/mol. The molecule has 0 spiro atoms. The van der Waals surface area contributed by atoms with Gasteiger partial charge in [0.25, 0.3) is 5.91 Å². The van der Waals surface area contributed by atoms with Gasteiger partial charge in [-0.1, -0.05) is 28.1 Å². The average molecular weight is 426 g/mol. The Morgan fingerprint density at radius 1 is 1.04 bits per heavy atom. The molecule has 2 aromatic carbocycles. The van der Waals surface area contributed by atoms with E-state index in [9.17, 15) is 13.2 Å². The van der Waals surface area contributed by atoms with E-state index in [1.807, 2.05) is 19.1 Å². The van der Waals surface area contributed by atoms with Crippen LogP contribution in [0.4, 0.5) is 0 Å². The molecule has 2 atom stereocenters. The van der Waals surface area contributed by atoms with Crippen LogP contribution in [0.1, 0.15) is 25.5 Å². The second-order valence-corrected chi connectivity index (χ2v) is 8.72. The van der Waals surface area contributed by atoms with Crippen LogP contribution in [-0.2, 0) is 14.6 Å². The summed E-state index contributed by atoms with van der Waals surface area (Å²) in [7, 11) is -3.23. The van der Waals surface area contributed by atoms with Crippen molar-refractivity contribution in [3.63, 3.8) is 0 Å². The predicted octanol–water partition coefficient (Wildman–Crippen LogP) is 3.50. The van der Waals surface area contributed by atoms with E-state index < -0.39 is 15.9 Å². The van der Waals surface area contributed by atoms with E-state index in [2.05, 4.69) is 21.2 Å². The topological polar surface area (TPSA) is 72.5 Å². The molecule has 0 aromatic heterocycles. The number of hydrogen-bond acceptors (Lipinski definition) is 4. The van der Waals surface area contributed by atoms with Crippen LogP contribution in [0.2, 0.25) is 0 Å². The zero-order chi connectivity index (χ0) is 18.6. The molecule has 0 aliphatic heterocycles. The number of sulfone groups is 1. The monoisotopic (exact) mass is 425 g/mol. The summed E-state index contributed by atoms with van der Waals surface area (Å²) in [5.41, 5.74) is 0.816. The minimum Gasteiger partial charge on any atom is -0.481 e. The van der Waals surface area contributed by atoms with Crippen molar-refractivity contribution in [2.45, 2.75) is 30.9 Å². The lowest BCUT2D eigenvalue weighted by Gasteiger charge is -2.19. The fourth-order valence-electron chi connectivity index (χ4n) is 2.19. The van der Waals surface area contributed by atoms with Crippen LogP contribution in [0.5, 0.6) is 5.75 Å². The molecule has 0 bridgehead atoms. The maximum Gasteiger partial charge on any atom is 0.261 e. The Balaban J connectivity index is 1.97. The Hall–Kier alpha value is -1.86. The Kier molecular flexibility index (Phi) is 6.24. The van der Waals surface area contributed by atoms with E-state index in [4.69, 9.17) is 4.74 Å². The van der Waals surface area contributed by atoms with Crippen molar-refractivity contribution in [3.05, 3.63) is 58.6 Å². The smallest absolute Gasteiger partial charge is 0.261 e. The molecule has 134 valence electrons. The van der Waals surface area contributed by atoms with Crippen molar-refractivity contribution in [1.82, 2.24) is 5.32 Å². The van der Waals surface area contributed by atoms with E-state index in [-0.39, 0.29) is 16.8 Å². The summed E-state index contributed by atoms with van der Waals surface area (Å²) < 4.78 is 29.5. The van der Waals surface area contributed by atoms with Crippen LogP contribution >= 0.6 is 15.9 Å². The summed E-state index contributed by atoms with van der Waals surface area (Å²) in [6.07, 6.45) is 0.507. The number of rotatable bonds is 6. The van der Waals surface area contributed by atoms with Crippen molar-refractivity contribution in [1.29, 1.82) is 0 Å². The Labute approximate surface area is 156 Å².